The van der Waals surface area contributed by atoms with Gasteiger partial charge >= 0.3 is 0 Å². The van der Waals surface area contributed by atoms with E-state index < -0.39 is 0 Å². The van der Waals surface area contributed by atoms with Crippen molar-refractivity contribution in [2.45, 2.75) is 25.0 Å². The number of imidazole rings is 1. The summed E-state index contributed by atoms with van der Waals surface area (Å²) in [4.78, 5) is 20.2. The first kappa shape index (κ1) is 16.9. The molecule has 0 bridgehead atoms. The average Bonchev–Trinajstić information content (AvgIpc) is 2.80. The molecule has 0 saturated carbocycles. The number of likely N-dealkylation sites (N-methyl/N-ethyl adjacent to an activating group) is 1. The van der Waals surface area contributed by atoms with E-state index in [0.717, 1.165) is 25.3 Å². The van der Waals surface area contributed by atoms with Gasteiger partial charge in [0.25, 0.3) is 0 Å². The molecule has 22 heavy (non-hydrogen) atoms. The van der Waals surface area contributed by atoms with Crippen molar-refractivity contribution in [1.29, 1.82) is 0 Å². The number of carbonyl (C=O) groups is 1. The van der Waals surface area contributed by atoms with Crippen molar-refractivity contribution in [2.24, 2.45) is 7.05 Å². The van der Waals surface area contributed by atoms with E-state index >= 15 is 0 Å². The molecule has 2 N–H and O–H groups in total. The Morgan fingerprint density at radius 1 is 1.50 bits per heavy atom. The molecule has 0 unspecified atom stereocenters. The van der Waals surface area contributed by atoms with Crippen LogP contribution in [-0.2, 0) is 18.3 Å². The number of aliphatic hydroxyl groups is 1. The third-order valence-electron chi connectivity index (χ3n) is 3.90. The molecule has 0 radical (unpaired) electrons. The Hall–Kier alpha value is -1.44. The van der Waals surface area contributed by atoms with Crippen LogP contribution in [0.4, 0.5) is 0 Å². The van der Waals surface area contributed by atoms with Gasteiger partial charge < -0.3 is 19.9 Å². The predicted octanol–water partition coefficient (Wildman–Crippen LogP) is -0.924. The van der Waals surface area contributed by atoms with Gasteiger partial charge in [-0.3, -0.25) is 9.69 Å². The van der Waals surface area contributed by atoms with Crippen LogP contribution in [0, 0.1) is 0 Å². The van der Waals surface area contributed by atoms with Crippen LogP contribution in [0.5, 0.6) is 0 Å². The summed E-state index contributed by atoms with van der Waals surface area (Å²) in [5.41, 5.74) is 0. The van der Waals surface area contributed by atoms with Crippen molar-refractivity contribution < 1.29 is 9.90 Å². The highest BCUT2D eigenvalue weighted by atomic mass is 16.3. The summed E-state index contributed by atoms with van der Waals surface area (Å²) in [5.74, 6) is 1.04. The molecule has 7 nitrogen and oxygen atoms in total. The zero-order valence-corrected chi connectivity index (χ0v) is 13.7. The van der Waals surface area contributed by atoms with E-state index in [2.05, 4.69) is 15.2 Å². The summed E-state index contributed by atoms with van der Waals surface area (Å²) in [6, 6.07) is 0.0116. The molecule has 1 amide bonds. The van der Waals surface area contributed by atoms with Crippen LogP contribution in [0.1, 0.15) is 12.2 Å². The second kappa shape index (κ2) is 7.71. The molecule has 1 saturated heterocycles. The van der Waals surface area contributed by atoms with Crippen molar-refractivity contribution in [3.8, 4) is 0 Å². The van der Waals surface area contributed by atoms with E-state index in [-0.39, 0.29) is 18.1 Å². The van der Waals surface area contributed by atoms with Crippen LogP contribution < -0.4 is 5.32 Å². The fourth-order valence-electron chi connectivity index (χ4n) is 2.90. The highest BCUT2D eigenvalue weighted by Crippen LogP contribution is 2.12. The lowest BCUT2D eigenvalue weighted by Crippen LogP contribution is -2.54. The van der Waals surface area contributed by atoms with Gasteiger partial charge in [0.2, 0.25) is 5.91 Å². The van der Waals surface area contributed by atoms with E-state index in [9.17, 15) is 9.90 Å². The minimum atomic E-state index is -0.389. The number of carbonyl (C=O) groups excluding carboxylic acids is 1. The lowest BCUT2D eigenvalue weighted by atomic mass is 10.0. The molecule has 7 heteroatoms. The standard InChI is InChI=1S/C15H27N5O2/c1-18(2)11-15(22)17-12-8-13(21)10-20(9-12)6-4-14-16-5-7-19(14)3/h5,7,12-13,21H,4,6,8-11H2,1-3H3,(H,17,22)/t12-,13+/m0/s1. The van der Waals surface area contributed by atoms with Crippen LogP contribution in [0.2, 0.25) is 0 Å². The summed E-state index contributed by atoms with van der Waals surface area (Å²) in [6.45, 7) is 2.65. The van der Waals surface area contributed by atoms with Gasteiger partial charge in [-0.1, -0.05) is 0 Å². The second-order valence-corrected chi connectivity index (χ2v) is 6.36. The number of β-amino-alcohol motifs (C(OH)–C–C–N with tert-alkyl or cyclic N) is 1. The van der Waals surface area contributed by atoms with Gasteiger partial charge in [0.15, 0.2) is 0 Å². The quantitative estimate of drug-likeness (QED) is 0.711. The smallest absolute Gasteiger partial charge is 0.234 e. The minimum Gasteiger partial charge on any atom is -0.392 e. The number of aliphatic hydroxyl groups excluding tert-OH is 1. The molecule has 2 heterocycles. The molecule has 1 aromatic heterocycles. The SMILES string of the molecule is CN(C)CC(=O)N[C@H]1C[C@@H](O)CN(CCc2nccn2C)C1. The lowest BCUT2D eigenvalue weighted by Gasteiger charge is -2.36. The maximum absolute atomic E-state index is 11.9. The molecule has 2 rings (SSSR count). The number of amides is 1. The molecule has 124 valence electrons. The van der Waals surface area contributed by atoms with E-state index in [4.69, 9.17) is 0 Å². The van der Waals surface area contributed by atoms with E-state index in [1.807, 2.05) is 36.8 Å². The Balaban J connectivity index is 1.82. The number of hydrogen-bond donors (Lipinski definition) is 2. The van der Waals surface area contributed by atoms with Crippen molar-refractivity contribution in [1.82, 2.24) is 24.7 Å². The number of nitrogens with one attached hydrogen (secondary N) is 1. The van der Waals surface area contributed by atoms with Gasteiger partial charge in [0.05, 0.1) is 12.6 Å². The Labute approximate surface area is 131 Å². The Kier molecular flexibility index (Phi) is 5.93. The van der Waals surface area contributed by atoms with Crippen LogP contribution >= 0.6 is 0 Å². The monoisotopic (exact) mass is 309 g/mol. The van der Waals surface area contributed by atoms with Gasteiger partial charge in [-0.05, 0) is 20.5 Å². The van der Waals surface area contributed by atoms with Crippen LogP contribution in [0.25, 0.3) is 0 Å². The van der Waals surface area contributed by atoms with Crippen molar-refractivity contribution >= 4 is 5.91 Å². The van der Waals surface area contributed by atoms with Gasteiger partial charge in [0, 0.05) is 51.5 Å². The summed E-state index contributed by atoms with van der Waals surface area (Å²) < 4.78 is 2.01. The summed E-state index contributed by atoms with van der Waals surface area (Å²) >= 11 is 0. The molecular weight excluding hydrogens is 282 g/mol. The average molecular weight is 309 g/mol. The molecule has 1 aliphatic rings. The number of nitrogens with zero attached hydrogens (tertiary/aromatic N) is 4. The largest absolute Gasteiger partial charge is 0.392 e. The van der Waals surface area contributed by atoms with Crippen molar-refractivity contribution in [2.75, 3.05) is 40.3 Å². The number of rotatable bonds is 6. The number of hydrogen-bond acceptors (Lipinski definition) is 5. The maximum atomic E-state index is 11.9. The fraction of sp³-hybridized carbons (Fsp3) is 0.733. The molecule has 1 fully saturated rings. The first-order valence-electron chi connectivity index (χ1n) is 7.74. The number of likely N-dealkylation sites (tertiary alicyclic amines) is 1. The number of aryl methyl sites for hydroxylation is 1. The highest BCUT2D eigenvalue weighted by molar-refractivity contribution is 5.78. The van der Waals surface area contributed by atoms with Crippen LogP contribution in [0.15, 0.2) is 12.4 Å². The van der Waals surface area contributed by atoms with Crippen molar-refractivity contribution in [3.05, 3.63) is 18.2 Å². The first-order valence-corrected chi connectivity index (χ1v) is 7.74. The van der Waals surface area contributed by atoms with Gasteiger partial charge in [-0.15, -0.1) is 0 Å². The van der Waals surface area contributed by atoms with E-state index in [0.29, 0.717) is 19.5 Å². The van der Waals surface area contributed by atoms with Crippen LogP contribution in [0.3, 0.4) is 0 Å². The molecule has 1 aromatic rings. The third-order valence-corrected chi connectivity index (χ3v) is 3.90. The molecular formula is C15H27N5O2. The number of piperidine rings is 1. The highest BCUT2D eigenvalue weighted by Gasteiger charge is 2.27. The normalized spacial score (nSPS) is 23.0. The third kappa shape index (κ3) is 5.08. The molecule has 0 aromatic carbocycles. The zero-order chi connectivity index (χ0) is 16.1. The summed E-state index contributed by atoms with van der Waals surface area (Å²) in [6.07, 6.45) is 4.81. The summed E-state index contributed by atoms with van der Waals surface area (Å²) in [7, 11) is 5.72. The minimum absolute atomic E-state index is 0.00755. The maximum Gasteiger partial charge on any atom is 0.234 e. The Morgan fingerprint density at radius 3 is 2.91 bits per heavy atom. The Bertz CT molecular complexity index is 488. The lowest BCUT2D eigenvalue weighted by molar-refractivity contribution is -0.123. The molecule has 2 atom stereocenters. The second-order valence-electron chi connectivity index (χ2n) is 6.36. The van der Waals surface area contributed by atoms with E-state index in [1.165, 1.54) is 0 Å². The topological polar surface area (TPSA) is 73.6 Å². The van der Waals surface area contributed by atoms with Crippen LogP contribution in [-0.4, -0.2) is 82.8 Å². The molecule has 0 aliphatic carbocycles. The zero-order valence-electron chi connectivity index (χ0n) is 13.7. The predicted molar refractivity (Wildman–Crippen MR) is 84.5 cm³/mol. The van der Waals surface area contributed by atoms with Crippen molar-refractivity contribution in [3.63, 3.8) is 0 Å². The first-order chi connectivity index (χ1) is 10.4. The fourth-order valence-corrected chi connectivity index (χ4v) is 2.90. The number of aromatic nitrogens is 2. The summed E-state index contributed by atoms with van der Waals surface area (Å²) in [5, 5.41) is 13.0. The van der Waals surface area contributed by atoms with Gasteiger partial charge in [-0.25, -0.2) is 4.98 Å². The Morgan fingerprint density at radius 2 is 2.27 bits per heavy atom. The van der Waals surface area contributed by atoms with Gasteiger partial charge in [-0.2, -0.15) is 0 Å². The van der Waals surface area contributed by atoms with Gasteiger partial charge in [0.1, 0.15) is 5.82 Å². The van der Waals surface area contributed by atoms with E-state index in [1.54, 1.807) is 6.20 Å². The molecule has 0 spiro atoms. The molecule has 1 aliphatic heterocycles.